The van der Waals surface area contributed by atoms with Crippen molar-refractivity contribution < 1.29 is 19.4 Å². The van der Waals surface area contributed by atoms with Gasteiger partial charge in [0.1, 0.15) is 6.61 Å². The first-order valence-electron chi connectivity index (χ1n) is 9.04. The number of carbonyl (C=O) groups is 2. The average Bonchev–Trinajstić information content (AvgIpc) is 2.93. The Morgan fingerprint density at radius 1 is 1.00 bits per heavy atom. The van der Waals surface area contributed by atoms with E-state index in [4.69, 9.17) is 4.74 Å². The molecular weight excluding hydrogens is 328 g/mol. The number of benzene rings is 2. The maximum absolute atomic E-state index is 12.2. The van der Waals surface area contributed by atoms with Gasteiger partial charge in [-0.2, -0.15) is 0 Å². The lowest BCUT2D eigenvalue weighted by atomic mass is 9.94. The van der Waals surface area contributed by atoms with Crippen LogP contribution in [0.3, 0.4) is 0 Å². The maximum Gasteiger partial charge on any atom is 0.307 e. The minimum Gasteiger partial charge on any atom is -0.481 e. The van der Waals surface area contributed by atoms with Crippen LogP contribution in [0.15, 0.2) is 48.5 Å². The molecule has 0 spiro atoms. The standard InChI is InChI=1S/C22H24O4/c1-14(2)11-15(22(24)25)12-21(23)26-13-20-18-9-5-3-7-16(18)17-8-4-6-10-19(17)20/h3-10,14-15,20H,11-13H2,1-2H3,(H,24,25)/t15-/m1/s1. The molecule has 2 aromatic rings. The Morgan fingerprint density at radius 2 is 1.54 bits per heavy atom. The molecular formula is C22H24O4. The third-order valence-corrected chi connectivity index (χ3v) is 4.89. The molecule has 26 heavy (non-hydrogen) atoms. The third-order valence-electron chi connectivity index (χ3n) is 4.89. The predicted molar refractivity (Wildman–Crippen MR) is 99.9 cm³/mol. The summed E-state index contributed by atoms with van der Waals surface area (Å²) in [6.07, 6.45) is 0.392. The van der Waals surface area contributed by atoms with Crippen LogP contribution in [0, 0.1) is 11.8 Å². The molecule has 0 radical (unpaired) electrons. The molecule has 3 rings (SSSR count). The van der Waals surface area contributed by atoms with Crippen molar-refractivity contribution in [3.05, 3.63) is 59.7 Å². The zero-order valence-corrected chi connectivity index (χ0v) is 15.1. The van der Waals surface area contributed by atoms with Gasteiger partial charge < -0.3 is 9.84 Å². The number of rotatable bonds is 7. The molecule has 0 unspecified atom stereocenters. The molecule has 1 aliphatic carbocycles. The first kappa shape index (κ1) is 18.2. The molecule has 0 saturated heterocycles. The first-order chi connectivity index (χ1) is 12.5. The van der Waals surface area contributed by atoms with Gasteiger partial charge in [-0.05, 0) is 34.6 Å². The van der Waals surface area contributed by atoms with Gasteiger partial charge in [0.15, 0.2) is 0 Å². The highest BCUT2D eigenvalue weighted by atomic mass is 16.5. The summed E-state index contributed by atoms with van der Waals surface area (Å²) in [6.45, 7) is 4.14. The monoisotopic (exact) mass is 352 g/mol. The van der Waals surface area contributed by atoms with Crippen molar-refractivity contribution in [3.8, 4) is 11.1 Å². The minimum atomic E-state index is -0.938. The summed E-state index contributed by atoms with van der Waals surface area (Å²) >= 11 is 0. The van der Waals surface area contributed by atoms with Crippen molar-refractivity contribution in [1.29, 1.82) is 0 Å². The highest BCUT2D eigenvalue weighted by Gasteiger charge is 2.30. The molecule has 0 bridgehead atoms. The number of aliphatic carboxylic acids is 1. The second-order valence-corrected chi connectivity index (χ2v) is 7.28. The van der Waals surface area contributed by atoms with Crippen molar-refractivity contribution in [1.82, 2.24) is 0 Å². The number of carboxylic acid groups (broad SMARTS) is 1. The van der Waals surface area contributed by atoms with E-state index in [1.54, 1.807) is 0 Å². The second-order valence-electron chi connectivity index (χ2n) is 7.28. The summed E-state index contributed by atoms with van der Waals surface area (Å²) in [5.74, 6) is -1.85. The average molecular weight is 352 g/mol. The number of fused-ring (bicyclic) bond motifs is 3. The Balaban J connectivity index is 1.70. The molecule has 136 valence electrons. The number of carbonyl (C=O) groups excluding carboxylic acids is 1. The van der Waals surface area contributed by atoms with Gasteiger partial charge in [0.25, 0.3) is 0 Å². The van der Waals surface area contributed by atoms with Crippen LogP contribution in [0.25, 0.3) is 11.1 Å². The third kappa shape index (κ3) is 3.79. The van der Waals surface area contributed by atoms with Crippen molar-refractivity contribution in [3.63, 3.8) is 0 Å². The lowest BCUT2D eigenvalue weighted by Crippen LogP contribution is -2.22. The molecule has 0 amide bonds. The molecule has 4 heteroatoms. The lowest BCUT2D eigenvalue weighted by molar-refractivity contribution is -0.152. The summed E-state index contributed by atoms with van der Waals surface area (Å²) in [5.41, 5.74) is 4.65. The van der Waals surface area contributed by atoms with Crippen molar-refractivity contribution in [2.24, 2.45) is 11.8 Å². The van der Waals surface area contributed by atoms with Crippen molar-refractivity contribution >= 4 is 11.9 Å². The Bertz CT molecular complexity index is 764. The van der Waals surface area contributed by atoms with E-state index < -0.39 is 17.9 Å². The summed E-state index contributed by atoms with van der Waals surface area (Å²) in [5, 5.41) is 9.30. The fourth-order valence-electron chi connectivity index (χ4n) is 3.72. The summed E-state index contributed by atoms with van der Waals surface area (Å²) in [7, 11) is 0. The molecule has 0 heterocycles. The number of hydrogen-bond donors (Lipinski definition) is 1. The largest absolute Gasteiger partial charge is 0.481 e. The molecule has 0 aromatic heterocycles. The number of hydrogen-bond acceptors (Lipinski definition) is 3. The highest BCUT2D eigenvalue weighted by Crippen LogP contribution is 2.44. The molecule has 1 atom stereocenters. The number of ether oxygens (including phenoxy) is 1. The van der Waals surface area contributed by atoms with Crippen molar-refractivity contribution in [2.45, 2.75) is 32.6 Å². The van der Waals surface area contributed by atoms with E-state index in [-0.39, 0.29) is 24.9 Å². The van der Waals surface area contributed by atoms with Crippen LogP contribution in [0.5, 0.6) is 0 Å². The van der Waals surface area contributed by atoms with Gasteiger partial charge in [-0.25, -0.2) is 0 Å². The number of esters is 1. The first-order valence-corrected chi connectivity index (χ1v) is 9.04. The second kappa shape index (κ2) is 7.73. The Hall–Kier alpha value is -2.62. The topological polar surface area (TPSA) is 63.6 Å². The van der Waals surface area contributed by atoms with E-state index in [2.05, 4.69) is 24.3 Å². The Kier molecular flexibility index (Phi) is 5.40. The van der Waals surface area contributed by atoms with Gasteiger partial charge in [0.05, 0.1) is 12.3 Å². The summed E-state index contributed by atoms with van der Waals surface area (Å²) < 4.78 is 5.50. The van der Waals surface area contributed by atoms with Gasteiger partial charge in [-0.1, -0.05) is 62.4 Å². The molecule has 0 saturated carbocycles. The minimum absolute atomic E-state index is 0.000253. The van der Waals surface area contributed by atoms with Crippen LogP contribution >= 0.6 is 0 Å². The number of carboxylic acids is 1. The van der Waals surface area contributed by atoms with E-state index in [1.165, 1.54) is 11.1 Å². The van der Waals surface area contributed by atoms with Gasteiger partial charge in [-0.3, -0.25) is 9.59 Å². The molecule has 1 aliphatic rings. The summed E-state index contributed by atoms with van der Waals surface area (Å²) in [6, 6.07) is 16.3. The smallest absolute Gasteiger partial charge is 0.307 e. The molecule has 4 nitrogen and oxygen atoms in total. The van der Waals surface area contributed by atoms with Crippen molar-refractivity contribution in [2.75, 3.05) is 6.61 Å². The zero-order chi connectivity index (χ0) is 18.7. The van der Waals surface area contributed by atoms with Gasteiger partial charge >= 0.3 is 11.9 Å². The van der Waals surface area contributed by atoms with Gasteiger partial charge in [-0.15, -0.1) is 0 Å². The Morgan fingerprint density at radius 3 is 2.04 bits per heavy atom. The van der Waals surface area contributed by atoms with Crippen LogP contribution in [0.4, 0.5) is 0 Å². The predicted octanol–water partition coefficient (Wildman–Crippen LogP) is 4.48. The van der Waals surface area contributed by atoms with Crippen LogP contribution in [0.2, 0.25) is 0 Å². The van der Waals surface area contributed by atoms with E-state index in [0.717, 1.165) is 11.1 Å². The molecule has 0 fully saturated rings. The fourth-order valence-corrected chi connectivity index (χ4v) is 3.72. The van der Waals surface area contributed by atoms with Gasteiger partial charge in [0, 0.05) is 5.92 Å². The SMILES string of the molecule is CC(C)C[C@H](CC(=O)OCC1c2ccccc2-c2ccccc21)C(=O)O. The van der Waals surface area contributed by atoms with Crippen LogP contribution in [0.1, 0.15) is 43.7 Å². The van der Waals surface area contributed by atoms with E-state index >= 15 is 0 Å². The van der Waals surface area contributed by atoms with E-state index in [1.807, 2.05) is 38.1 Å². The molecule has 0 aliphatic heterocycles. The van der Waals surface area contributed by atoms with Gasteiger partial charge in [0.2, 0.25) is 0 Å². The van der Waals surface area contributed by atoms with E-state index in [9.17, 15) is 14.7 Å². The summed E-state index contributed by atoms with van der Waals surface area (Å²) in [4.78, 5) is 23.6. The Labute approximate surface area is 153 Å². The maximum atomic E-state index is 12.2. The quantitative estimate of drug-likeness (QED) is 0.746. The molecule has 1 N–H and O–H groups in total. The normalized spacial score (nSPS) is 14.0. The van der Waals surface area contributed by atoms with Crippen LogP contribution < -0.4 is 0 Å². The lowest BCUT2D eigenvalue weighted by Gasteiger charge is -2.17. The van der Waals surface area contributed by atoms with E-state index in [0.29, 0.717) is 6.42 Å². The zero-order valence-electron chi connectivity index (χ0n) is 15.1. The highest BCUT2D eigenvalue weighted by molar-refractivity contribution is 5.80. The molecule has 2 aromatic carbocycles. The fraction of sp³-hybridized carbons (Fsp3) is 0.364. The van der Waals surface area contributed by atoms with Crippen LogP contribution in [-0.2, 0) is 14.3 Å². The van der Waals surface area contributed by atoms with Crippen LogP contribution in [-0.4, -0.2) is 23.7 Å².